The van der Waals surface area contributed by atoms with Crippen molar-refractivity contribution in [1.29, 1.82) is 0 Å². The number of ether oxygens (including phenoxy) is 4. The Morgan fingerprint density at radius 2 is 1.78 bits per heavy atom. The second-order valence-corrected chi connectivity index (χ2v) is 10.4. The smallest absolute Gasteiger partial charge is 0.273 e. The summed E-state index contributed by atoms with van der Waals surface area (Å²) in [7, 11) is 2.99. The van der Waals surface area contributed by atoms with Crippen LogP contribution in [0.5, 0.6) is 23.0 Å². The van der Waals surface area contributed by atoms with Crippen LogP contribution in [-0.2, 0) is 4.79 Å². The fraction of sp³-hybridized carbons (Fsp3) is 0.357. The van der Waals surface area contributed by atoms with Gasteiger partial charge in [-0.2, -0.15) is 4.37 Å². The molecule has 1 saturated carbocycles. The highest BCUT2D eigenvalue weighted by atomic mass is 32.1. The molecule has 0 radical (unpaired) electrons. The van der Waals surface area contributed by atoms with Gasteiger partial charge in [0.25, 0.3) is 11.8 Å². The van der Waals surface area contributed by atoms with Crippen LogP contribution in [0.4, 0.5) is 11.4 Å². The summed E-state index contributed by atoms with van der Waals surface area (Å²) in [6.45, 7) is 0.708. The van der Waals surface area contributed by atoms with Crippen LogP contribution in [0.1, 0.15) is 57.4 Å². The number of carbonyl (C=O) groups excluding carboxylic acids is 3. The number of carbonyl (C=O) groups is 3. The number of benzene rings is 2. The highest BCUT2D eigenvalue weighted by Crippen LogP contribution is 2.41. The number of nitrogens with zero attached hydrogens (tertiary/aromatic N) is 2. The second kappa shape index (κ2) is 11.9. The van der Waals surface area contributed by atoms with Crippen LogP contribution in [0.2, 0.25) is 0 Å². The first-order valence-electron chi connectivity index (χ1n) is 13.1. The zero-order valence-corrected chi connectivity index (χ0v) is 23.5. The maximum absolute atomic E-state index is 14.4. The number of hydrogen-bond donors (Lipinski definition) is 3. The Labute approximate surface area is 240 Å². The van der Waals surface area contributed by atoms with E-state index in [0.717, 1.165) is 37.2 Å². The van der Waals surface area contributed by atoms with E-state index < -0.39 is 23.8 Å². The van der Waals surface area contributed by atoms with Crippen molar-refractivity contribution >= 4 is 40.6 Å². The van der Waals surface area contributed by atoms with Crippen LogP contribution in [0.15, 0.2) is 36.4 Å². The molecule has 13 heteroatoms. The molecule has 1 aliphatic carbocycles. The number of amides is 3. The third kappa shape index (κ3) is 5.57. The summed E-state index contributed by atoms with van der Waals surface area (Å²) in [5.41, 5.74) is 11.9. The molecular formula is C28H31N5O7S. The van der Waals surface area contributed by atoms with Gasteiger partial charge < -0.3 is 35.7 Å². The molecular weight excluding hydrogens is 550 g/mol. The minimum Gasteiger partial charge on any atom is -0.497 e. The monoisotopic (exact) mass is 581 g/mol. The molecule has 12 nitrogen and oxygen atoms in total. The fourth-order valence-corrected chi connectivity index (χ4v) is 5.85. The topological polar surface area (TPSA) is 168 Å². The Morgan fingerprint density at radius 3 is 2.44 bits per heavy atom. The second-order valence-electron chi connectivity index (χ2n) is 9.64. The van der Waals surface area contributed by atoms with Gasteiger partial charge in [-0.3, -0.25) is 19.3 Å². The van der Waals surface area contributed by atoms with Crippen molar-refractivity contribution in [2.75, 3.05) is 38.1 Å². The van der Waals surface area contributed by atoms with E-state index in [0.29, 0.717) is 47.5 Å². The zero-order chi connectivity index (χ0) is 29.1. The van der Waals surface area contributed by atoms with E-state index in [1.807, 2.05) is 0 Å². The SMILES string of the molecule is COc1ccc(OC)c(C(C(=O)NC2CCCC2)N(C(=O)c2snc(C(N)=O)c2N)c2ccc3c(c2)OCCO3)c1. The number of nitrogens with two attached hydrogens (primary N) is 2. The van der Waals surface area contributed by atoms with Gasteiger partial charge in [-0.05, 0) is 54.7 Å². The molecule has 1 aliphatic heterocycles. The van der Waals surface area contributed by atoms with Crippen molar-refractivity contribution in [1.82, 2.24) is 9.69 Å². The van der Waals surface area contributed by atoms with Crippen LogP contribution < -0.4 is 40.6 Å². The van der Waals surface area contributed by atoms with Crippen LogP contribution in [0.3, 0.4) is 0 Å². The first-order valence-corrected chi connectivity index (χ1v) is 13.9. The van der Waals surface area contributed by atoms with Crippen molar-refractivity contribution in [2.24, 2.45) is 5.73 Å². The number of hydrogen-bond acceptors (Lipinski definition) is 10. The number of rotatable bonds is 9. The van der Waals surface area contributed by atoms with E-state index >= 15 is 0 Å². The number of anilines is 2. The highest BCUT2D eigenvalue weighted by Gasteiger charge is 2.39. The van der Waals surface area contributed by atoms with E-state index in [1.165, 1.54) is 19.1 Å². The molecule has 41 heavy (non-hydrogen) atoms. The number of nitrogens with one attached hydrogen (secondary N) is 1. The molecule has 0 spiro atoms. The number of aromatic nitrogens is 1. The predicted molar refractivity (Wildman–Crippen MR) is 152 cm³/mol. The molecule has 5 rings (SSSR count). The third-order valence-corrected chi connectivity index (χ3v) is 7.97. The summed E-state index contributed by atoms with van der Waals surface area (Å²) in [4.78, 5) is 41.8. The molecule has 3 amide bonds. The maximum Gasteiger partial charge on any atom is 0.273 e. The van der Waals surface area contributed by atoms with Crippen molar-refractivity contribution in [2.45, 2.75) is 37.8 Å². The van der Waals surface area contributed by atoms with Crippen LogP contribution in [-0.4, -0.2) is 55.6 Å². The molecule has 1 unspecified atom stereocenters. The molecule has 1 aromatic heterocycles. The van der Waals surface area contributed by atoms with Gasteiger partial charge in [0.05, 0.1) is 19.9 Å². The molecule has 2 aromatic carbocycles. The molecule has 2 heterocycles. The average molecular weight is 582 g/mol. The molecule has 5 N–H and O–H groups in total. The zero-order valence-electron chi connectivity index (χ0n) is 22.7. The van der Waals surface area contributed by atoms with Gasteiger partial charge in [-0.1, -0.05) is 12.8 Å². The Morgan fingerprint density at radius 1 is 1.05 bits per heavy atom. The third-order valence-electron chi connectivity index (χ3n) is 7.12. The molecule has 0 bridgehead atoms. The van der Waals surface area contributed by atoms with Gasteiger partial charge in [0.2, 0.25) is 5.91 Å². The molecule has 3 aromatic rings. The molecule has 2 aliphatic rings. The number of methoxy groups -OCH3 is 2. The van der Waals surface area contributed by atoms with Gasteiger partial charge >= 0.3 is 0 Å². The van der Waals surface area contributed by atoms with Crippen molar-refractivity contribution in [3.63, 3.8) is 0 Å². The Hall–Kier alpha value is -4.52. The first kappa shape index (κ1) is 28.0. The van der Waals surface area contributed by atoms with Gasteiger partial charge in [0.15, 0.2) is 17.2 Å². The van der Waals surface area contributed by atoms with Crippen molar-refractivity contribution in [3.05, 3.63) is 52.5 Å². The van der Waals surface area contributed by atoms with Crippen LogP contribution >= 0.6 is 11.5 Å². The highest BCUT2D eigenvalue weighted by molar-refractivity contribution is 7.09. The average Bonchev–Trinajstić information content (AvgIpc) is 3.64. The minimum atomic E-state index is -1.24. The lowest BCUT2D eigenvalue weighted by Crippen LogP contribution is -2.46. The minimum absolute atomic E-state index is 0.0470. The lowest BCUT2D eigenvalue weighted by atomic mass is 10.00. The van der Waals surface area contributed by atoms with Crippen LogP contribution in [0, 0.1) is 0 Å². The number of primary amides is 1. The summed E-state index contributed by atoms with van der Waals surface area (Å²) in [6.07, 6.45) is 3.65. The summed E-state index contributed by atoms with van der Waals surface area (Å²) in [5.74, 6) is -0.217. The van der Waals surface area contributed by atoms with E-state index in [2.05, 4.69) is 9.69 Å². The van der Waals surface area contributed by atoms with Crippen molar-refractivity contribution in [3.8, 4) is 23.0 Å². The molecule has 216 valence electrons. The number of fused-ring (bicyclic) bond motifs is 1. The van der Waals surface area contributed by atoms with E-state index in [-0.39, 0.29) is 22.3 Å². The Bertz CT molecular complexity index is 1470. The number of nitrogen functional groups attached to an aromatic ring is 1. The quantitative estimate of drug-likeness (QED) is 0.344. The lowest BCUT2D eigenvalue weighted by molar-refractivity contribution is -0.123. The van der Waals surface area contributed by atoms with Gasteiger partial charge in [-0.25, -0.2) is 0 Å². The summed E-state index contributed by atoms with van der Waals surface area (Å²) < 4.78 is 26.6. The van der Waals surface area contributed by atoms with E-state index in [1.54, 1.807) is 36.4 Å². The van der Waals surface area contributed by atoms with Crippen LogP contribution in [0.25, 0.3) is 0 Å². The molecule has 1 atom stereocenters. The normalized spacial score (nSPS) is 15.2. The first-order chi connectivity index (χ1) is 19.8. The summed E-state index contributed by atoms with van der Waals surface area (Å²) >= 11 is 0.729. The largest absolute Gasteiger partial charge is 0.497 e. The van der Waals surface area contributed by atoms with Gasteiger partial charge in [0.1, 0.15) is 35.6 Å². The Balaban J connectivity index is 1.71. The van der Waals surface area contributed by atoms with Gasteiger partial charge in [0, 0.05) is 23.4 Å². The lowest BCUT2D eigenvalue weighted by Gasteiger charge is -2.33. The van der Waals surface area contributed by atoms with E-state index in [4.69, 9.17) is 30.4 Å². The predicted octanol–water partition coefficient (Wildman–Crippen LogP) is 3.06. The summed E-state index contributed by atoms with van der Waals surface area (Å²) in [6, 6.07) is 8.68. The molecule has 0 saturated heterocycles. The van der Waals surface area contributed by atoms with E-state index in [9.17, 15) is 14.4 Å². The molecule has 1 fully saturated rings. The Kier molecular flexibility index (Phi) is 8.15. The van der Waals surface area contributed by atoms with Gasteiger partial charge in [-0.15, -0.1) is 0 Å². The van der Waals surface area contributed by atoms with Crippen molar-refractivity contribution < 1.29 is 33.3 Å². The standard InChI is InChI=1S/C28H31N5O7S/c1-37-17-8-10-19(38-2)18(14-17)24(27(35)31-15-5-3-4-6-15)33(16-7-9-20-21(13-16)40-12-11-39-20)28(36)25-22(29)23(26(30)34)32-41-25/h7-10,13-15,24H,3-6,11-12,29H2,1-2H3,(H2,30,34)(H,31,35). The fourth-order valence-electron chi connectivity index (χ4n) is 5.10. The maximum atomic E-state index is 14.4. The summed E-state index contributed by atoms with van der Waals surface area (Å²) in [5, 5.41) is 3.12.